The SMILES string of the molecule is CC[C@H](C)[C@H](NC(=O)[C@@H]1CCCN1C(=O)[C@H](CC(C)C)NC(=O)[C@H](C)N)C(=O)N[C@@H](CC(=O)O)C(=O)N[C@H](C(=O)N[C@@H](CC(C)C)C(=O)N[C@@H](C)C(=O)N[C@@H](CC(N)=O)C(=O)N[C@@H](C)C(=O)N[C@@H](Cc1ccc(O)cc1)C(=O)N[C@@H](CCCN=C(N)N)C(=O)O)C(C)C. The number of phenolic OH excluding ortho intramolecular Hbond substituents is 1. The van der Waals surface area contributed by atoms with Gasteiger partial charge in [-0.15, -0.1) is 0 Å². The average Bonchev–Trinajstić information content (AvgIpc) is 1.79. The van der Waals surface area contributed by atoms with Crippen LogP contribution in [0.1, 0.15) is 140 Å². The molecule has 0 radical (unpaired) electrons. The minimum absolute atomic E-state index is 0.0354. The molecule has 33 heteroatoms. The molecular formula is C60H98N16O17. The number of aliphatic imine (C=N–C) groups is 1. The van der Waals surface area contributed by atoms with E-state index in [1.54, 1.807) is 27.7 Å². The van der Waals surface area contributed by atoms with E-state index in [2.05, 4.69) is 58.2 Å². The van der Waals surface area contributed by atoms with Crippen LogP contribution < -0.4 is 76.1 Å². The number of nitrogens with one attached hydrogen (secondary N) is 10. The number of aliphatic carboxylic acids is 2. The van der Waals surface area contributed by atoms with E-state index in [9.17, 15) is 82.4 Å². The smallest absolute Gasteiger partial charge is 0.326 e. The molecule has 21 N–H and O–H groups in total. The van der Waals surface area contributed by atoms with E-state index in [-0.39, 0.29) is 75.2 Å². The maximum atomic E-state index is 14.1. The van der Waals surface area contributed by atoms with E-state index in [4.69, 9.17) is 22.9 Å². The molecule has 0 bridgehead atoms. The van der Waals surface area contributed by atoms with E-state index >= 15 is 0 Å². The molecule has 0 aliphatic carbocycles. The van der Waals surface area contributed by atoms with Crippen LogP contribution in [0.5, 0.6) is 5.75 Å². The van der Waals surface area contributed by atoms with Crippen molar-refractivity contribution in [1.82, 2.24) is 58.1 Å². The largest absolute Gasteiger partial charge is 0.508 e. The summed E-state index contributed by atoms with van der Waals surface area (Å²) in [6.07, 6.45) is -0.840. The number of carboxylic acid groups (broad SMARTS) is 2. The molecule has 2 rings (SSSR count). The van der Waals surface area contributed by atoms with Crippen LogP contribution in [-0.2, 0) is 73.5 Å². The lowest BCUT2D eigenvalue weighted by Gasteiger charge is -2.32. The highest BCUT2D eigenvalue weighted by molar-refractivity contribution is 6.00. The third kappa shape index (κ3) is 27.7. The lowest BCUT2D eigenvalue weighted by molar-refractivity contribution is -0.143. The minimum Gasteiger partial charge on any atom is -0.508 e. The van der Waals surface area contributed by atoms with E-state index in [1.165, 1.54) is 63.8 Å². The molecule has 1 aliphatic rings. The third-order valence-electron chi connectivity index (χ3n) is 15.1. The number of hydrogen-bond acceptors (Lipinski definition) is 17. The van der Waals surface area contributed by atoms with Gasteiger partial charge in [-0.2, -0.15) is 0 Å². The van der Waals surface area contributed by atoms with E-state index < -0.39 is 180 Å². The van der Waals surface area contributed by atoms with Gasteiger partial charge in [-0.25, -0.2) is 4.79 Å². The van der Waals surface area contributed by atoms with Gasteiger partial charge in [-0.3, -0.25) is 67.3 Å². The van der Waals surface area contributed by atoms with Crippen molar-refractivity contribution < 1.29 is 82.4 Å². The van der Waals surface area contributed by atoms with Crippen LogP contribution in [0.4, 0.5) is 0 Å². The number of rotatable bonds is 39. The van der Waals surface area contributed by atoms with Gasteiger partial charge in [-0.1, -0.05) is 73.9 Å². The number of carbonyl (C=O) groups excluding carboxylic acids is 12. The number of nitrogens with zero attached hydrogens (tertiary/aromatic N) is 2. The highest BCUT2D eigenvalue weighted by atomic mass is 16.4. The highest BCUT2D eigenvalue weighted by Crippen LogP contribution is 2.22. The summed E-state index contributed by atoms with van der Waals surface area (Å²) >= 11 is 0. The number of benzene rings is 1. The maximum Gasteiger partial charge on any atom is 0.326 e. The van der Waals surface area contributed by atoms with Crippen LogP contribution in [0.3, 0.4) is 0 Å². The third-order valence-corrected chi connectivity index (χ3v) is 15.1. The Balaban J connectivity index is 2.29. The summed E-state index contributed by atoms with van der Waals surface area (Å²) in [6.45, 7) is 17.7. The Kier molecular flexibility index (Phi) is 33.2. The van der Waals surface area contributed by atoms with E-state index in [0.717, 1.165) is 0 Å². The quantitative estimate of drug-likeness (QED) is 0.0172. The van der Waals surface area contributed by atoms with Crippen molar-refractivity contribution in [3.05, 3.63) is 29.8 Å². The molecule has 12 amide bonds. The zero-order valence-corrected chi connectivity index (χ0v) is 54.8. The first-order valence-electron chi connectivity index (χ1n) is 31.0. The Morgan fingerprint density at radius 2 is 1.03 bits per heavy atom. The van der Waals surface area contributed by atoms with Crippen molar-refractivity contribution in [2.24, 2.45) is 51.6 Å². The molecule has 0 spiro atoms. The van der Waals surface area contributed by atoms with Gasteiger partial charge in [0.2, 0.25) is 70.9 Å². The Morgan fingerprint density at radius 1 is 0.559 bits per heavy atom. The van der Waals surface area contributed by atoms with Gasteiger partial charge < -0.3 is 96.3 Å². The molecule has 33 nitrogen and oxygen atoms in total. The molecular weight excluding hydrogens is 1220 g/mol. The second-order valence-electron chi connectivity index (χ2n) is 24.6. The molecule has 0 saturated carbocycles. The van der Waals surface area contributed by atoms with Gasteiger partial charge in [0.1, 0.15) is 72.2 Å². The lowest BCUT2D eigenvalue weighted by atomic mass is 9.96. The Bertz CT molecular complexity index is 2830. The molecule has 1 aromatic rings. The minimum atomic E-state index is -1.83. The second kappa shape index (κ2) is 38.6. The van der Waals surface area contributed by atoms with E-state index in [0.29, 0.717) is 18.4 Å². The topological polar surface area (TPSA) is 540 Å². The number of nitrogens with two attached hydrogens (primary N) is 4. The number of guanidine groups is 1. The second-order valence-corrected chi connectivity index (χ2v) is 24.6. The zero-order chi connectivity index (χ0) is 70.7. The Labute approximate surface area is 540 Å². The number of aromatic hydroxyl groups is 1. The van der Waals surface area contributed by atoms with Crippen LogP contribution in [0.15, 0.2) is 29.3 Å². The van der Waals surface area contributed by atoms with Crippen LogP contribution >= 0.6 is 0 Å². The van der Waals surface area contributed by atoms with Gasteiger partial charge in [0.15, 0.2) is 5.96 Å². The number of phenols is 1. The molecule has 0 aromatic heterocycles. The van der Waals surface area contributed by atoms with Crippen LogP contribution in [0.25, 0.3) is 0 Å². The predicted octanol–water partition coefficient (Wildman–Crippen LogP) is -3.56. The van der Waals surface area contributed by atoms with Crippen LogP contribution in [-0.4, -0.2) is 195 Å². The number of likely N-dealkylation sites (tertiary alicyclic amines) is 1. The molecule has 0 unspecified atom stereocenters. The predicted molar refractivity (Wildman–Crippen MR) is 338 cm³/mol. The summed E-state index contributed by atoms with van der Waals surface area (Å²) in [5, 5.41) is 54.3. The van der Waals surface area contributed by atoms with Crippen molar-refractivity contribution in [2.45, 2.75) is 213 Å². The van der Waals surface area contributed by atoms with Crippen molar-refractivity contribution in [3.8, 4) is 5.75 Å². The summed E-state index contributed by atoms with van der Waals surface area (Å²) in [6, 6.07) is -11.2. The number of amides is 12. The van der Waals surface area contributed by atoms with Gasteiger partial charge in [0.05, 0.1) is 18.9 Å². The Morgan fingerprint density at radius 3 is 1.54 bits per heavy atom. The zero-order valence-electron chi connectivity index (χ0n) is 54.8. The fourth-order valence-corrected chi connectivity index (χ4v) is 9.72. The fourth-order valence-electron chi connectivity index (χ4n) is 9.72. The Hall–Kier alpha value is -9.17. The number of carbonyl (C=O) groups is 14. The first-order valence-corrected chi connectivity index (χ1v) is 31.0. The number of hydrogen-bond donors (Lipinski definition) is 17. The number of carboxylic acids is 2. The normalized spacial score (nSPS) is 16.7. The van der Waals surface area contributed by atoms with Crippen molar-refractivity contribution in [3.63, 3.8) is 0 Å². The van der Waals surface area contributed by atoms with Gasteiger partial charge >= 0.3 is 11.9 Å². The summed E-state index contributed by atoms with van der Waals surface area (Å²) in [4.78, 5) is 193. The summed E-state index contributed by atoms with van der Waals surface area (Å²) in [7, 11) is 0. The first-order chi connectivity index (χ1) is 43.4. The maximum absolute atomic E-state index is 14.1. The molecule has 93 heavy (non-hydrogen) atoms. The van der Waals surface area contributed by atoms with Crippen molar-refractivity contribution in [2.75, 3.05) is 13.1 Å². The standard InChI is InChI=1S/C60H98N16O17/c1-12-31(8)47(75-55(88)43-16-14-22-76(43)58(91)42(24-29(4)5)73-48(81)32(9)61)57(90)72-41(27-45(79)80)54(87)74-46(30(6)7)56(89)71-38(23-28(2)3)51(84)66-34(11)50(83)70-40(26-44(62)78)52(85)67-33(10)49(82)69-39(25-35-17-19-36(77)20-18-35)53(86)68-37(59(92)93)15-13-21-65-60(63)64/h17-20,28-34,37-43,46-47,77H,12-16,21-27,61H2,1-11H3,(H2,62,78)(H,66,84)(H,67,85)(H,68,86)(H,69,82)(H,70,83)(H,71,89)(H,72,90)(H,73,81)(H,74,87)(H,75,88)(H,79,80)(H,92,93)(H4,63,64,65)/t31-,32-,33-,34-,37-,38-,39-,40-,41-,42-,43-,46-,47-/m0/s1. The molecule has 1 aliphatic heterocycles. The van der Waals surface area contributed by atoms with Gasteiger partial charge in [0.25, 0.3) is 0 Å². The molecule has 520 valence electrons. The molecule has 13 atom stereocenters. The van der Waals surface area contributed by atoms with Crippen LogP contribution in [0.2, 0.25) is 0 Å². The lowest BCUT2D eigenvalue weighted by Crippen LogP contribution is -2.62. The van der Waals surface area contributed by atoms with E-state index in [1.807, 2.05) is 13.8 Å². The van der Waals surface area contributed by atoms with Gasteiger partial charge in [-0.05, 0) is 101 Å². The molecule has 1 fully saturated rings. The summed E-state index contributed by atoms with van der Waals surface area (Å²) in [5.41, 5.74) is 22.3. The van der Waals surface area contributed by atoms with Crippen LogP contribution in [0, 0.1) is 23.7 Å². The molecule has 1 saturated heterocycles. The van der Waals surface area contributed by atoms with Crippen molar-refractivity contribution in [1.29, 1.82) is 0 Å². The van der Waals surface area contributed by atoms with Gasteiger partial charge in [0, 0.05) is 19.5 Å². The average molecular weight is 1320 g/mol. The summed E-state index contributed by atoms with van der Waals surface area (Å²) in [5.74, 6) is -15.8. The first kappa shape index (κ1) is 79.9. The summed E-state index contributed by atoms with van der Waals surface area (Å²) < 4.78 is 0. The monoisotopic (exact) mass is 1310 g/mol. The molecule has 1 heterocycles. The fraction of sp³-hybridized carbons (Fsp3) is 0.650. The highest BCUT2D eigenvalue weighted by Gasteiger charge is 2.42. The molecule has 1 aromatic carbocycles. The number of primary amides is 1. The van der Waals surface area contributed by atoms with Crippen molar-refractivity contribution >= 4 is 88.8 Å².